The second-order valence-corrected chi connectivity index (χ2v) is 5.56. The highest BCUT2D eigenvalue weighted by Crippen LogP contribution is 2.25. The van der Waals surface area contributed by atoms with Gasteiger partial charge in [0.25, 0.3) is 0 Å². The topological polar surface area (TPSA) is 30.3 Å². The fourth-order valence-electron chi connectivity index (χ4n) is 3.13. The van der Waals surface area contributed by atoms with E-state index in [4.69, 9.17) is 4.74 Å². The molecule has 4 rings (SSSR count). The number of nitrogens with zero attached hydrogens (tertiary/aromatic N) is 3. The van der Waals surface area contributed by atoms with Crippen LogP contribution in [-0.2, 0) is 11.3 Å². The highest BCUT2D eigenvalue weighted by atomic mass is 16.5. The quantitative estimate of drug-likeness (QED) is 0.739. The van der Waals surface area contributed by atoms with Crippen molar-refractivity contribution in [3.05, 3.63) is 42.9 Å². The first-order valence-electron chi connectivity index (χ1n) is 7.53. The number of pyridine rings is 1. The van der Waals surface area contributed by atoms with Crippen LogP contribution in [0.2, 0.25) is 0 Å². The van der Waals surface area contributed by atoms with Crippen molar-refractivity contribution in [1.29, 1.82) is 0 Å². The SMILES string of the molecule is c1cc2c(ccc3ccn(CCN4CCOCC4)c32)cn1. The third kappa shape index (κ3) is 2.41. The second kappa shape index (κ2) is 5.47. The van der Waals surface area contributed by atoms with E-state index in [0.717, 1.165) is 39.4 Å². The van der Waals surface area contributed by atoms with E-state index in [1.165, 1.54) is 21.7 Å². The number of aromatic nitrogens is 2. The largest absolute Gasteiger partial charge is 0.379 e. The molecule has 1 saturated heterocycles. The van der Waals surface area contributed by atoms with Crippen LogP contribution >= 0.6 is 0 Å². The van der Waals surface area contributed by atoms with Crippen molar-refractivity contribution in [2.24, 2.45) is 0 Å². The number of rotatable bonds is 3. The molecule has 0 unspecified atom stereocenters. The van der Waals surface area contributed by atoms with E-state index in [1.54, 1.807) is 0 Å². The molecule has 0 spiro atoms. The molecule has 4 nitrogen and oxygen atoms in total. The molecule has 0 amide bonds. The van der Waals surface area contributed by atoms with Gasteiger partial charge in [0, 0.05) is 60.9 Å². The molecule has 1 fully saturated rings. The summed E-state index contributed by atoms with van der Waals surface area (Å²) < 4.78 is 7.78. The van der Waals surface area contributed by atoms with Crippen molar-refractivity contribution < 1.29 is 4.74 Å². The van der Waals surface area contributed by atoms with Gasteiger partial charge in [-0.25, -0.2) is 0 Å². The summed E-state index contributed by atoms with van der Waals surface area (Å²) in [5.74, 6) is 0. The number of fused-ring (bicyclic) bond motifs is 3. The van der Waals surface area contributed by atoms with E-state index in [1.807, 2.05) is 12.4 Å². The molecule has 1 aliphatic heterocycles. The third-order valence-corrected chi connectivity index (χ3v) is 4.30. The maximum Gasteiger partial charge on any atom is 0.0594 e. The average Bonchev–Trinajstić information content (AvgIpc) is 2.97. The molecule has 0 radical (unpaired) electrons. The Hall–Kier alpha value is -1.91. The van der Waals surface area contributed by atoms with Crippen molar-refractivity contribution >= 4 is 21.7 Å². The molecule has 21 heavy (non-hydrogen) atoms. The first-order chi connectivity index (χ1) is 10.4. The molecule has 3 heterocycles. The standard InChI is InChI=1S/C17H19N3O/c1-2-15-13-18-5-3-16(15)17-14(1)4-6-20(17)8-7-19-9-11-21-12-10-19/h1-6,13H,7-12H2. The van der Waals surface area contributed by atoms with Gasteiger partial charge in [-0.3, -0.25) is 9.88 Å². The molecular formula is C17H19N3O. The monoisotopic (exact) mass is 281 g/mol. The van der Waals surface area contributed by atoms with Gasteiger partial charge in [-0.05, 0) is 12.1 Å². The molecule has 1 aliphatic rings. The first kappa shape index (κ1) is 12.8. The maximum atomic E-state index is 5.41. The predicted molar refractivity (Wildman–Crippen MR) is 84.5 cm³/mol. The van der Waals surface area contributed by atoms with E-state index in [0.29, 0.717) is 0 Å². The highest BCUT2D eigenvalue weighted by molar-refractivity contribution is 6.05. The molecule has 0 aliphatic carbocycles. The van der Waals surface area contributed by atoms with E-state index >= 15 is 0 Å². The summed E-state index contributed by atoms with van der Waals surface area (Å²) in [7, 11) is 0. The van der Waals surface area contributed by atoms with Gasteiger partial charge in [0.15, 0.2) is 0 Å². The van der Waals surface area contributed by atoms with Crippen molar-refractivity contribution in [2.45, 2.75) is 6.54 Å². The van der Waals surface area contributed by atoms with Crippen LogP contribution in [0.5, 0.6) is 0 Å². The average molecular weight is 281 g/mol. The summed E-state index contributed by atoms with van der Waals surface area (Å²) in [5.41, 5.74) is 1.32. The Balaban J connectivity index is 1.66. The fraction of sp³-hybridized carbons (Fsp3) is 0.353. The lowest BCUT2D eigenvalue weighted by molar-refractivity contribution is 0.0365. The lowest BCUT2D eigenvalue weighted by atomic mass is 10.1. The van der Waals surface area contributed by atoms with Crippen LogP contribution in [0, 0.1) is 0 Å². The second-order valence-electron chi connectivity index (χ2n) is 5.56. The normalized spacial score (nSPS) is 16.8. The van der Waals surface area contributed by atoms with E-state index < -0.39 is 0 Å². The molecule has 0 N–H and O–H groups in total. The molecular weight excluding hydrogens is 262 g/mol. The van der Waals surface area contributed by atoms with Crippen LogP contribution in [0.4, 0.5) is 0 Å². The van der Waals surface area contributed by atoms with Crippen LogP contribution in [0.15, 0.2) is 42.9 Å². The van der Waals surface area contributed by atoms with Crippen molar-refractivity contribution in [2.75, 3.05) is 32.8 Å². The molecule has 108 valence electrons. The van der Waals surface area contributed by atoms with Crippen LogP contribution < -0.4 is 0 Å². The number of hydrogen-bond acceptors (Lipinski definition) is 3. The smallest absolute Gasteiger partial charge is 0.0594 e. The zero-order valence-electron chi connectivity index (χ0n) is 12.0. The van der Waals surface area contributed by atoms with Gasteiger partial charge >= 0.3 is 0 Å². The van der Waals surface area contributed by atoms with Gasteiger partial charge in [-0.2, -0.15) is 0 Å². The van der Waals surface area contributed by atoms with Gasteiger partial charge < -0.3 is 9.30 Å². The Kier molecular flexibility index (Phi) is 3.33. The van der Waals surface area contributed by atoms with Gasteiger partial charge in [0.05, 0.1) is 18.7 Å². The van der Waals surface area contributed by atoms with E-state index in [2.05, 4.69) is 44.9 Å². The lowest BCUT2D eigenvalue weighted by Crippen LogP contribution is -2.38. The molecule has 3 aromatic rings. The minimum absolute atomic E-state index is 0.862. The Morgan fingerprint density at radius 1 is 1.00 bits per heavy atom. The van der Waals surface area contributed by atoms with Gasteiger partial charge in [-0.15, -0.1) is 0 Å². The summed E-state index contributed by atoms with van der Waals surface area (Å²) in [5, 5.41) is 3.79. The van der Waals surface area contributed by atoms with Crippen LogP contribution in [0.25, 0.3) is 21.7 Å². The molecule has 2 aromatic heterocycles. The summed E-state index contributed by atoms with van der Waals surface area (Å²) in [6.07, 6.45) is 6.01. The number of benzene rings is 1. The summed E-state index contributed by atoms with van der Waals surface area (Å²) in [4.78, 5) is 6.70. The Morgan fingerprint density at radius 3 is 2.76 bits per heavy atom. The number of hydrogen-bond donors (Lipinski definition) is 0. The van der Waals surface area contributed by atoms with E-state index in [9.17, 15) is 0 Å². The Labute approximate surface area is 123 Å². The fourth-order valence-corrected chi connectivity index (χ4v) is 3.13. The maximum absolute atomic E-state index is 5.41. The van der Waals surface area contributed by atoms with Gasteiger partial charge in [0.2, 0.25) is 0 Å². The summed E-state index contributed by atoms with van der Waals surface area (Å²) >= 11 is 0. The van der Waals surface area contributed by atoms with E-state index in [-0.39, 0.29) is 0 Å². The van der Waals surface area contributed by atoms with Crippen molar-refractivity contribution in [3.8, 4) is 0 Å². The molecule has 4 heteroatoms. The summed E-state index contributed by atoms with van der Waals surface area (Å²) in [6.45, 7) is 5.91. The minimum atomic E-state index is 0.862. The molecule has 0 bridgehead atoms. The van der Waals surface area contributed by atoms with Gasteiger partial charge in [-0.1, -0.05) is 12.1 Å². The Bertz CT molecular complexity index is 759. The van der Waals surface area contributed by atoms with Crippen LogP contribution in [-0.4, -0.2) is 47.3 Å². The first-order valence-corrected chi connectivity index (χ1v) is 7.53. The third-order valence-electron chi connectivity index (χ3n) is 4.30. The zero-order valence-corrected chi connectivity index (χ0v) is 12.0. The highest BCUT2D eigenvalue weighted by Gasteiger charge is 2.11. The predicted octanol–water partition coefficient (Wildman–Crippen LogP) is 2.52. The zero-order chi connectivity index (χ0) is 14.1. The molecule has 1 aromatic carbocycles. The summed E-state index contributed by atoms with van der Waals surface area (Å²) in [6, 6.07) is 8.65. The molecule has 0 atom stereocenters. The number of morpholine rings is 1. The van der Waals surface area contributed by atoms with Crippen molar-refractivity contribution in [1.82, 2.24) is 14.5 Å². The van der Waals surface area contributed by atoms with Gasteiger partial charge in [0.1, 0.15) is 0 Å². The lowest BCUT2D eigenvalue weighted by Gasteiger charge is -2.26. The molecule has 0 saturated carbocycles. The minimum Gasteiger partial charge on any atom is -0.379 e. The van der Waals surface area contributed by atoms with Crippen LogP contribution in [0.1, 0.15) is 0 Å². The van der Waals surface area contributed by atoms with Crippen molar-refractivity contribution in [3.63, 3.8) is 0 Å². The van der Waals surface area contributed by atoms with Crippen LogP contribution in [0.3, 0.4) is 0 Å². The number of ether oxygens (including phenoxy) is 1. The Morgan fingerprint density at radius 2 is 1.86 bits per heavy atom.